The Balaban J connectivity index is -0.000000125. The van der Waals surface area contributed by atoms with Crippen molar-refractivity contribution in [3.63, 3.8) is 0 Å². The first-order valence-electron chi connectivity index (χ1n) is 1.40. The van der Waals surface area contributed by atoms with Crippen molar-refractivity contribution in [2.75, 3.05) is 0 Å². The van der Waals surface area contributed by atoms with Gasteiger partial charge in [-0.1, -0.05) is 15.9 Å². The Kier molecular flexibility index (Phi) is 23.1. The van der Waals surface area contributed by atoms with Crippen molar-refractivity contribution in [1.82, 2.24) is 0 Å². The van der Waals surface area contributed by atoms with Crippen molar-refractivity contribution in [2.24, 2.45) is 0 Å². The van der Waals surface area contributed by atoms with Crippen LogP contribution in [-0.2, 0) is 40.8 Å². The van der Waals surface area contributed by atoms with Gasteiger partial charge >= 0.3 is 7.12 Å². The third kappa shape index (κ3) is 15.6. The van der Waals surface area contributed by atoms with Gasteiger partial charge in [-0.05, 0) is 11.0 Å². The fourth-order valence-corrected chi connectivity index (χ4v) is 0.338. The van der Waals surface area contributed by atoms with Crippen LogP contribution in [0.3, 0.4) is 0 Å². The van der Waals surface area contributed by atoms with Gasteiger partial charge in [-0.15, -0.1) is 0 Å². The van der Waals surface area contributed by atoms with Crippen molar-refractivity contribution >= 4 is 23.0 Å². The fraction of sp³-hybridized carbons (Fsp3) is 0. The normalized spacial score (nSPS) is 7.38. The van der Waals surface area contributed by atoms with E-state index in [0.717, 1.165) is 0 Å². The average molecular weight is 523 g/mol. The SMILES string of the molecule is OB(O)/C=C/Br.[Re].[Re]. The molecule has 0 aliphatic carbocycles. The van der Waals surface area contributed by atoms with Crippen molar-refractivity contribution in [3.8, 4) is 0 Å². The molecule has 0 rings (SSSR count). The van der Waals surface area contributed by atoms with Gasteiger partial charge in [0.1, 0.15) is 0 Å². The van der Waals surface area contributed by atoms with Gasteiger partial charge < -0.3 is 10.0 Å². The molecule has 0 heterocycles. The van der Waals surface area contributed by atoms with Crippen molar-refractivity contribution < 1.29 is 50.9 Å². The van der Waals surface area contributed by atoms with Crippen molar-refractivity contribution in [2.45, 2.75) is 0 Å². The van der Waals surface area contributed by atoms with E-state index in [9.17, 15) is 0 Å². The molecule has 48 valence electrons. The summed E-state index contributed by atoms with van der Waals surface area (Å²) in [6.07, 6.45) is 0. The zero-order valence-electron chi connectivity index (χ0n) is 3.76. The third-order valence-electron chi connectivity index (χ3n) is 0.245. The Morgan fingerprint density at radius 3 is 1.62 bits per heavy atom. The quantitative estimate of drug-likeness (QED) is 0.472. The van der Waals surface area contributed by atoms with Crippen LogP contribution in [0.5, 0.6) is 0 Å². The molecule has 0 spiro atoms. The molecule has 0 bridgehead atoms. The Bertz CT molecular complexity index is 60.0. The minimum atomic E-state index is -1.33. The molecule has 2 radical (unpaired) electrons. The summed E-state index contributed by atoms with van der Waals surface area (Å²) in [4.78, 5) is 1.39. The Hall–Kier alpha value is 1.53. The minimum absolute atomic E-state index is 0. The maximum atomic E-state index is 7.99. The van der Waals surface area contributed by atoms with Crippen LogP contribution in [0.4, 0.5) is 0 Å². The zero-order valence-corrected chi connectivity index (χ0v) is 10.8. The van der Waals surface area contributed by atoms with Crippen molar-refractivity contribution in [3.05, 3.63) is 11.0 Å². The number of hydrogen-bond acceptors (Lipinski definition) is 2. The van der Waals surface area contributed by atoms with Gasteiger partial charge in [0.2, 0.25) is 0 Å². The molecule has 0 aromatic heterocycles. The monoisotopic (exact) mass is 524 g/mol. The first kappa shape index (κ1) is 16.3. The van der Waals surface area contributed by atoms with Gasteiger partial charge in [0, 0.05) is 40.8 Å². The van der Waals surface area contributed by atoms with E-state index in [0.29, 0.717) is 0 Å². The summed E-state index contributed by atoms with van der Waals surface area (Å²) in [6, 6.07) is 0. The third-order valence-corrected chi connectivity index (χ3v) is 0.550. The molecule has 0 aliphatic rings. The van der Waals surface area contributed by atoms with E-state index in [4.69, 9.17) is 10.0 Å². The molecule has 0 saturated carbocycles. The van der Waals surface area contributed by atoms with Crippen LogP contribution in [-0.4, -0.2) is 17.2 Å². The van der Waals surface area contributed by atoms with Gasteiger partial charge in [-0.3, -0.25) is 0 Å². The predicted octanol–water partition coefficient (Wildman–Crippen LogP) is -0.0980. The number of rotatable bonds is 1. The summed E-state index contributed by atoms with van der Waals surface area (Å²) in [5.74, 6) is 1.19. The smallest absolute Gasteiger partial charge is 0.424 e. The zero-order chi connectivity index (χ0) is 4.99. The van der Waals surface area contributed by atoms with Crippen LogP contribution in [0.1, 0.15) is 0 Å². The topological polar surface area (TPSA) is 40.5 Å². The van der Waals surface area contributed by atoms with Gasteiger partial charge in [0.25, 0.3) is 0 Å². The molecule has 0 aliphatic heterocycles. The molecule has 2 N–H and O–H groups in total. The molecular formula is C2H4BBrO2Re2. The molecule has 0 amide bonds. The van der Waals surface area contributed by atoms with Gasteiger partial charge in [0.05, 0.1) is 0 Å². The summed E-state index contributed by atoms with van der Waals surface area (Å²) in [5, 5.41) is 16.0. The van der Waals surface area contributed by atoms with Crippen LogP contribution < -0.4 is 0 Å². The maximum Gasteiger partial charge on any atom is 0.481 e. The van der Waals surface area contributed by atoms with Crippen LogP contribution in [0, 0.1) is 0 Å². The Morgan fingerprint density at radius 1 is 1.25 bits per heavy atom. The second-order valence-corrected chi connectivity index (χ2v) is 1.26. The molecule has 0 fully saturated rings. The summed E-state index contributed by atoms with van der Waals surface area (Å²) < 4.78 is 0. The van der Waals surface area contributed by atoms with E-state index in [1.807, 2.05) is 0 Å². The standard InChI is InChI=1S/C2H4BBrO2.2Re/c4-2-1-3(5)6;;/h1-2,5-6H;;/b2-1+;;. The van der Waals surface area contributed by atoms with E-state index < -0.39 is 7.12 Å². The molecule has 0 unspecified atom stereocenters. The van der Waals surface area contributed by atoms with E-state index in [1.165, 1.54) is 11.0 Å². The van der Waals surface area contributed by atoms with E-state index in [-0.39, 0.29) is 40.8 Å². The molecule has 0 aromatic rings. The van der Waals surface area contributed by atoms with Gasteiger partial charge in [-0.25, -0.2) is 0 Å². The molecule has 8 heavy (non-hydrogen) atoms. The summed E-state index contributed by atoms with van der Waals surface area (Å²) in [5.41, 5.74) is 0. The predicted molar refractivity (Wildman–Crippen MR) is 28.3 cm³/mol. The first-order chi connectivity index (χ1) is 2.77. The fourth-order valence-electron chi connectivity index (χ4n) is 0.0651. The average Bonchev–Trinajstić information content (AvgIpc) is 1.35. The summed E-state index contributed by atoms with van der Waals surface area (Å²) in [6.45, 7) is 0. The van der Waals surface area contributed by atoms with E-state index >= 15 is 0 Å². The van der Waals surface area contributed by atoms with Crippen LogP contribution >= 0.6 is 15.9 Å². The molecule has 6 heteroatoms. The van der Waals surface area contributed by atoms with E-state index in [1.54, 1.807) is 0 Å². The second kappa shape index (κ2) is 11.3. The second-order valence-electron chi connectivity index (χ2n) is 0.732. The molecule has 0 saturated heterocycles. The van der Waals surface area contributed by atoms with Crippen LogP contribution in [0.25, 0.3) is 0 Å². The molecule has 0 aromatic carbocycles. The number of halogens is 1. The van der Waals surface area contributed by atoms with Gasteiger partial charge in [-0.2, -0.15) is 0 Å². The first-order valence-corrected chi connectivity index (χ1v) is 2.32. The van der Waals surface area contributed by atoms with Crippen LogP contribution in [0.15, 0.2) is 11.0 Å². The summed E-state index contributed by atoms with van der Waals surface area (Å²) in [7, 11) is -1.33. The Labute approximate surface area is 84.3 Å². The largest absolute Gasteiger partial charge is 0.481 e. The molecule has 0 atom stereocenters. The van der Waals surface area contributed by atoms with E-state index in [2.05, 4.69) is 15.9 Å². The summed E-state index contributed by atoms with van der Waals surface area (Å²) >= 11 is 2.85. The maximum absolute atomic E-state index is 7.99. The van der Waals surface area contributed by atoms with Crippen LogP contribution in [0.2, 0.25) is 0 Å². The van der Waals surface area contributed by atoms with Gasteiger partial charge in [0.15, 0.2) is 0 Å². The number of hydrogen-bond donors (Lipinski definition) is 2. The Morgan fingerprint density at radius 2 is 1.62 bits per heavy atom. The molecular weight excluding hydrogens is 519 g/mol. The molecule has 2 nitrogen and oxygen atoms in total. The van der Waals surface area contributed by atoms with Crippen molar-refractivity contribution in [1.29, 1.82) is 0 Å². The minimum Gasteiger partial charge on any atom is -0.424 e.